The van der Waals surface area contributed by atoms with Crippen LogP contribution < -0.4 is 4.72 Å². The highest BCUT2D eigenvalue weighted by Gasteiger charge is 2.16. The van der Waals surface area contributed by atoms with Crippen molar-refractivity contribution < 1.29 is 22.3 Å². The monoisotopic (exact) mass is 401 g/mol. The lowest BCUT2D eigenvalue weighted by Gasteiger charge is -2.08. The van der Waals surface area contributed by atoms with Gasteiger partial charge < -0.3 is 4.74 Å². The van der Waals surface area contributed by atoms with Gasteiger partial charge in [0.2, 0.25) is 10.0 Å². The van der Waals surface area contributed by atoms with E-state index in [-0.39, 0.29) is 21.5 Å². The van der Waals surface area contributed by atoms with E-state index in [1.807, 2.05) is 0 Å². The number of halogens is 2. The Morgan fingerprint density at radius 3 is 2.52 bits per heavy atom. The second-order valence-corrected chi connectivity index (χ2v) is 7.13. The van der Waals surface area contributed by atoms with Crippen molar-refractivity contribution in [1.29, 1.82) is 0 Å². The van der Waals surface area contributed by atoms with Crippen LogP contribution in [0.1, 0.15) is 5.56 Å². The largest absolute Gasteiger partial charge is 0.460 e. The molecule has 0 heterocycles. The summed E-state index contributed by atoms with van der Waals surface area (Å²) in [5.74, 6) is -1.32. The molecule has 2 aromatic carbocycles. The van der Waals surface area contributed by atoms with Gasteiger partial charge in [0.1, 0.15) is 19.0 Å². The zero-order chi connectivity index (χ0) is 16.9. The van der Waals surface area contributed by atoms with E-state index in [1.165, 1.54) is 24.3 Å². The van der Waals surface area contributed by atoms with Crippen LogP contribution in [-0.2, 0) is 26.2 Å². The Kier molecular flexibility index (Phi) is 5.86. The van der Waals surface area contributed by atoms with Crippen LogP contribution in [0.4, 0.5) is 4.39 Å². The quantitative estimate of drug-likeness (QED) is 0.755. The minimum absolute atomic E-state index is 0.0471. The van der Waals surface area contributed by atoms with Crippen molar-refractivity contribution in [1.82, 2.24) is 4.72 Å². The lowest BCUT2D eigenvalue weighted by molar-refractivity contribution is -0.143. The molecule has 0 saturated carbocycles. The second-order valence-electron chi connectivity index (χ2n) is 4.51. The molecule has 0 saturated heterocycles. The molecule has 0 aliphatic heterocycles. The summed E-state index contributed by atoms with van der Waals surface area (Å²) in [5.41, 5.74) is 0.193. The first-order valence-electron chi connectivity index (χ1n) is 6.53. The maximum atomic E-state index is 13.7. The molecule has 0 aliphatic rings. The van der Waals surface area contributed by atoms with Gasteiger partial charge in [-0.2, -0.15) is 4.72 Å². The van der Waals surface area contributed by atoms with E-state index in [4.69, 9.17) is 4.74 Å². The third kappa shape index (κ3) is 4.85. The lowest BCUT2D eigenvalue weighted by Crippen LogP contribution is -2.30. The lowest BCUT2D eigenvalue weighted by atomic mass is 10.2. The Morgan fingerprint density at radius 2 is 1.83 bits per heavy atom. The molecule has 0 atom stereocenters. The topological polar surface area (TPSA) is 72.5 Å². The number of hydrogen-bond donors (Lipinski definition) is 1. The van der Waals surface area contributed by atoms with Crippen LogP contribution in [0.3, 0.4) is 0 Å². The molecular weight excluding hydrogens is 389 g/mol. The van der Waals surface area contributed by atoms with Gasteiger partial charge in [0.25, 0.3) is 0 Å². The highest BCUT2D eigenvalue weighted by atomic mass is 79.9. The second kappa shape index (κ2) is 7.67. The van der Waals surface area contributed by atoms with E-state index in [0.29, 0.717) is 0 Å². The summed E-state index contributed by atoms with van der Waals surface area (Å²) in [4.78, 5) is 11.7. The predicted molar refractivity (Wildman–Crippen MR) is 85.5 cm³/mol. The number of sulfonamides is 1. The molecule has 23 heavy (non-hydrogen) atoms. The Bertz CT molecular complexity index is 796. The van der Waals surface area contributed by atoms with Crippen molar-refractivity contribution in [3.05, 3.63) is 64.4 Å². The Hall–Kier alpha value is -1.77. The van der Waals surface area contributed by atoms with Crippen molar-refractivity contribution in [2.45, 2.75) is 11.5 Å². The van der Waals surface area contributed by atoms with Crippen LogP contribution in [0.5, 0.6) is 0 Å². The van der Waals surface area contributed by atoms with E-state index in [9.17, 15) is 17.6 Å². The fourth-order valence-electron chi connectivity index (χ4n) is 1.71. The van der Waals surface area contributed by atoms with E-state index in [0.717, 1.165) is 0 Å². The molecule has 0 aromatic heterocycles. The molecule has 0 aliphatic carbocycles. The minimum Gasteiger partial charge on any atom is -0.460 e. The maximum Gasteiger partial charge on any atom is 0.321 e. The van der Waals surface area contributed by atoms with Crippen molar-refractivity contribution in [3.8, 4) is 0 Å². The summed E-state index contributed by atoms with van der Waals surface area (Å²) in [6.07, 6.45) is 0. The first kappa shape index (κ1) is 17.6. The Balaban J connectivity index is 1.90. The molecule has 2 rings (SSSR count). The number of carbonyl (C=O) groups is 1. The molecule has 0 unspecified atom stereocenters. The van der Waals surface area contributed by atoms with Gasteiger partial charge in [-0.05, 0) is 34.1 Å². The number of ether oxygens (including phenoxy) is 1. The first-order valence-corrected chi connectivity index (χ1v) is 8.81. The standard InChI is InChI=1S/C15H13BrFNO4S/c16-13-8-4-5-11(15(13)17)10-22-14(19)9-18-23(20,21)12-6-2-1-3-7-12/h1-8,18H,9-10H2. The third-order valence-corrected chi connectivity index (χ3v) is 4.91. The Morgan fingerprint density at radius 1 is 1.13 bits per heavy atom. The van der Waals surface area contributed by atoms with Gasteiger partial charge in [0.05, 0.1) is 9.37 Å². The van der Waals surface area contributed by atoms with Gasteiger partial charge in [-0.25, -0.2) is 12.8 Å². The van der Waals surface area contributed by atoms with Gasteiger partial charge in [-0.3, -0.25) is 4.79 Å². The van der Waals surface area contributed by atoms with Gasteiger partial charge in [0, 0.05) is 5.56 Å². The number of carbonyl (C=O) groups excluding carboxylic acids is 1. The van der Waals surface area contributed by atoms with Crippen molar-refractivity contribution in [2.75, 3.05) is 6.54 Å². The van der Waals surface area contributed by atoms with Gasteiger partial charge >= 0.3 is 5.97 Å². The average Bonchev–Trinajstić information content (AvgIpc) is 2.55. The molecule has 0 spiro atoms. The van der Waals surface area contributed by atoms with Crippen LogP contribution in [-0.4, -0.2) is 20.9 Å². The zero-order valence-corrected chi connectivity index (χ0v) is 14.2. The Labute approximate surface area is 141 Å². The van der Waals surface area contributed by atoms with Crippen molar-refractivity contribution >= 4 is 31.9 Å². The smallest absolute Gasteiger partial charge is 0.321 e. The van der Waals surface area contributed by atoms with Gasteiger partial charge in [-0.15, -0.1) is 0 Å². The van der Waals surface area contributed by atoms with Crippen LogP contribution in [0, 0.1) is 5.82 Å². The average molecular weight is 402 g/mol. The molecule has 8 heteroatoms. The molecule has 2 aromatic rings. The highest BCUT2D eigenvalue weighted by Crippen LogP contribution is 2.19. The summed E-state index contributed by atoms with van der Waals surface area (Å²) in [6.45, 7) is -0.815. The number of rotatable bonds is 6. The number of benzene rings is 2. The first-order chi connectivity index (χ1) is 10.9. The summed E-state index contributed by atoms with van der Waals surface area (Å²) in [6, 6.07) is 12.2. The number of hydrogen-bond acceptors (Lipinski definition) is 4. The third-order valence-electron chi connectivity index (χ3n) is 2.88. The van der Waals surface area contributed by atoms with Gasteiger partial charge in [-0.1, -0.05) is 30.3 Å². The maximum absolute atomic E-state index is 13.7. The summed E-state index contributed by atoms with van der Waals surface area (Å²) in [7, 11) is -3.79. The highest BCUT2D eigenvalue weighted by molar-refractivity contribution is 9.10. The SMILES string of the molecule is O=C(CNS(=O)(=O)c1ccccc1)OCc1cccc(Br)c1F. The molecule has 0 fully saturated rings. The fourth-order valence-corrected chi connectivity index (χ4v) is 3.10. The minimum atomic E-state index is -3.79. The summed E-state index contributed by atoms with van der Waals surface area (Å²) < 4.78 is 44.8. The van der Waals surface area contributed by atoms with Crippen LogP contribution >= 0.6 is 15.9 Å². The predicted octanol–water partition coefficient (Wildman–Crippen LogP) is 2.61. The molecular formula is C15H13BrFNO4S. The summed E-state index contributed by atoms with van der Waals surface area (Å²) >= 11 is 3.03. The number of esters is 1. The molecule has 5 nitrogen and oxygen atoms in total. The summed E-state index contributed by atoms with van der Waals surface area (Å²) in [5, 5.41) is 0. The number of nitrogens with one attached hydrogen (secondary N) is 1. The zero-order valence-electron chi connectivity index (χ0n) is 11.8. The van der Waals surface area contributed by atoms with Gasteiger partial charge in [0.15, 0.2) is 0 Å². The van der Waals surface area contributed by atoms with E-state index in [2.05, 4.69) is 20.7 Å². The normalized spacial score (nSPS) is 11.2. The van der Waals surface area contributed by atoms with E-state index < -0.39 is 28.4 Å². The van der Waals surface area contributed by atoms with Crippen LogP contribution in [0.25, 0.3) is 0 Å². The molecule has 1 N–H and O–H groups in total. The van der Waals surface area contributed by atoms with Crippen molar-refractivity contribution in [2.24, 2.45) is 0 Å². The van der Waals surface area contributed by atoms with E-state index in [1.54, 1.807) is 24.3 Å². The molecule has 122 valence electrons. The molecule has 0 bridgehead atoms. The van der Waals surface area contributed by atoms with Crippen LogP contribution in [0.15, 0.2) is 57.9 Å². The fraction of sp³-hybridized carbons (Fsp3) is 0.133. The molecule has 0 amide bonds. The van der Waals surface area contributed by atoms with Crippen LogP contribution in [0.2, 0.25) is 0 Å². The van der Waals surface area contributed by atoms with E-state index >= 15 is 0 Å². The molecule has 0 radical (unpaired) electrons. The van der Waals surface area contributed by atoms with Crippen molar-refractivity contribution in [3.63, 3.8) is 0 Å².